The molecule has 0 unspecified atom stereocenters. The molecule has 5 heterocycles. The molecule has 55 heavy (non-hydrogen) atoms. The molecule has 4 N–H and O–H groups in total. The van der Waals surface area contributed by atoms with Crippen LogP contribution in [0.3, 0.4) is 0 Å². The molecule has 2 saturated heterocycles. The van der Waals surface area contributed by atoms with E-state index < -0.39 is 0 Å². The first-order chi connectivity index (χ1) is 26.9. The number of anilines is 5. The summed E-state index contributed by atoms with van der Waals surface area (Å²) < 4.78 is 12.0. The zero-order valence-electron chi connectivity index (χ0n) is 30.1. The van der Waals surface area contributed by atoms with Gasteiger partial charge in [0.1, 0.15) is 17.3 Å². The summed E-state index contributed by atoms with van der Waals surface area (Å²) in [5.41, 5.74) is 13.0. The van der Waals surface area contributed by atoms with Crippen LogP contribution in [0, 0.1) is 0 Å². The molecule has 0 amide bonds. The largest absolute Gasteiger partial charge is 0.452 e. The highest BCUT2D eigenvalue weighted by Crippen LogP contribution is 2.33. The first kappa shape index (κ1) is 37.4. The van der Waals surface area contributed by atoms with Gasteiger partial charge in [0.2, 0.25) is 11.9 Å². The van der Waals surface area contributed by atoms with E-state index in [4.69, 9.17) is 44.1 Å². The highest BCUT2D eigenvalue weighted by molar-refractivity contribution is 6.30. The fourth-order valence-corrected chi connectivity index (χ4v) is 6.51. The van der Waals surface area contributed by atoms with E-state index in [1.54, 1.807) is 36.7 Å². The second kappa shape index (κ2) is 18.0. The van der Waals surface area contributed by atoms with Gasteiger partial charge in [0.15, 0.2) is 23.1 Å². The van der Waals surface area contributed by atoms with Crippen molar-refractivity contribution in [2.24, 2.45) is 0 Å². The van der Waals surface area contributed by atoms with E-state index in [9.17, 15) is 0 Å². The number of hydrogen-bond acceptors (Lipinski definition) is 13. The van der Waals surface area contributed by atoms with Crippen molar-refractivity contribution in [3.05, 3.63) is 131 Å². The van der Waals surface area contributed by atoms with Gasteiger partial charge >= 0.3 is 0 Å². The van der Waals surface area contributed by atoms with Gasteiger partial charge in [-0.15, -0.1) is 0 Å². The van der Waals surface area contributed by atoms with Crippen LogP contribution in [0.2, 0.25) is 10.0 Å². The lowest BCUT2D eigenvalue weighted by atomic mass is 10.2. The second-order valence-electron chi connectivity index (χ2n) is 12.9. The van der Waals surface area contributed by atoms with Crippen LogP contribution in [0.4, 0.5) is 29.4 Å². The maximum Gasteiger partial charge on any atom is 0.222 e. The van der Waals surface area contributed by atoms with Crippen molar-refractivity contribution in [2.75, 3.05) is 78.5 Å². The van der Waals surface area contributed by atoms with E-state index in [0.29, 0.717) is 38.9 Å². The van der Waals surface area contributed by atoms with E-state index >= 15 is 0 Å². The Bertz CT molecular complexity index is 2120. The summed E-state index contributed by atoms with van der Waals surface area (Å²) in [5.74, 6) is 5.37. The van der Waals surface area contributed by atoms with Crippen molar-refractivity contribution in [1.82, 2.24) is 29.8 Å². The van der Waals surface area contributed by atoms with E-state index in [2.05, 4.69) is 68.8 Å². The number of aromatic nitrogens is 5. The molecule has 3 aromatic heterocycles. The molecule has 2 aliphatic rings. The van der Waals surface area contributed by atoms with E-state index in [0.717, 1.165) is 70.5 Å². The zero-order valence-corrected chi connectivity index (χ0v) is 31.6. The van der Waals surface area contributed by atoms with E-state index in [1.165, 1.54) is 5.56 Å². The number of rotatable bonds is 9. The molecule has 6 aromatic rings. The van der Waals surface area contributed by atoms with Crippen LogP contribution >= 0.6 is 23.2 Å². The highest BCUT2D eigenvalue weighted by atomic mass is 35.5. The van der Waals surface area contributed by atoms with Crippen molar-refractivity contribution < 1.29 is 9.47 Å². The Morgan fingerprint density at radius 2 is 1.00 bits per heavy atom. The quantitative estimate of drug-likeness (QED) is 0.155. The summed E-state index contributed by atoms with van der Waals surface area (Å²) >= 11 is 11.9. The molecule has 0 aliphatic carbocycles. The molecule has 0 atom stereocenters. The average molecular weight is 779 g/mol. The molecule has 0 saturated carbocycles. The number of nitrogens with two attached hydrogens (primary N) is 2. The smallest absolute Gasteiger partial charge is 0.222 e. The Morgan fingerprint density at radius 1 is 0.527 bits per heavy atom. The normalized spacial score (nSPS) is 14.5. The molecular formula is C40H41Cl2N11O2. The Morgan fingerprint density at radius 3 is 1.49 bits per heavy atom. The maximum atomic E-state index is 6.00. The van der Waals surface area contributed by atoms with Crippen LogP contribution in [0.15, 0.2) is 116 Å². The van der Waals surface area contributed by atoms with Gasteiger partial charge in [-0.25, -0.2) is 15.0 Å². The summed E-state index contributed by atoms with van der Waals surface area (Å²) in [6.45, 7) is 7.77. The standard InChI is InChI=1S/C21H22ClN5O.C19H19ClN6O/c22-17-6-8-18(9-7-17)28-19-14-24-21(23)25-20(19)27-12-10-26(11-13-27)15-16-4-2-1-3-5-16;20-14-4-6-15(7-5-14)27-16-13-23-19(21)24-18(16)26-11-9-25(10-12-26)17-3-1-2-8-22-17/h1-9,14H,10-13,15H2,(H2,23,24,25);1-8,13H,9-12H2,(H2,21,23,24). The second-order valence-corrected chi connectivity index (χ2v) is 13.7. The monoisotopic (exact) mass is 777 g/mol. The third-order valence-corrected chi connectivity index (χ3v) is 9.57. The third kappa shape index (κ3) is 10.2. The topological polar surface area (TPSA) is 148 Å². The van der Waals surface area contributed by atoms with Gasteiger partial charge in [0.05, 0.1) is 12.4 Å². The molecule has 282 valence electrons. The molecule has 15 heteroatoms. The van der Waals surface area contributed by atoms with Crippen molar-refractivity contribution in [3.63, 3.8) is 0 Å². The fourth-order valence-electron chi connectivity index (χ4n) is 6.25. The van der Waals surface area contributed by atoms with Gasteiger partial charge < -0.3 is 35.6 Å². The number of hydrogen-bond donors (Lipinski definition) is 2. The Hall–Kier alpha value is -5.89. The van der Waals surface area contributed by atoms with Crippen LogP contribution in [-0.2, 0) is 6.54 Å². The number of nitrogens with zero attached hydrogens (tertiary/aromatic N) is 9. The van der Waals surface area contributed by atoms with Gasteiger partial charge in [-0.3, -0.25) is 4.90 Å². The summed E-state index contributed by atoms with van der Waals surface area (Å²) in [4.78, 5) is 30.5. The van der Waals surface area contributed by atoms with Crippen LogP contribution in [0.25, 0.3) is 0 Å². The average Bonchev–Trinajstić information content (AvgIpc) is 3.22. The zero-order chi connectivity index (χ0) is 38.0. The summed E-state index contributed by atoms with van der Waals surface area (Å²) in [6.07, 6.45) is 5.05. The lowest BCUT2D eigenvalue weighted by Crippen LogP contribution is -2.47. The Kier molecular flexibility index (Phi) is 12.2. The minimum absolute atomic E-state index is 0.223. The van der Waals surface area contributed by atoms with Crippen molar-refractivity contribution in [3.8, 4) is 23.0 Å². The minimum Gasteiger partial charge on any atom is -0.452 e. The molecular weight excluding hydrogens is 737 g/mol. The number of nitrogen functional groups attached to an aromatic ring is 2. The van der Waals surface area contributed by atoms with E-state index in [-0.39, 0.29) is 11.9 Å². The van der Waals surface area contributed by atoms with Crippen molar-refractivity contribution >= 4 is 52.6 Å². The first-order valence-electron chi connectivity index (χ1n) is 17.9. The Balaban J connectivity index is 0.000000169. The number of benzene rings is 3. The van der Waals surface area contributed by atoms with Crippen LogP contribution < -0.4 is 35.6 Å². The molecule has 13 nitrogen and oxygen atoms in total. The van der Waals surface area contributed by atoms with Gasteiger partial charge in [-0.1, -0.05) is 59.6 Å². The number of ether oxygens (including phenoxy) is 2. The lowest BCUT2D eigenvalue weighted by molar-refractivity contribution is 0.248. The van der Waals surface area contributed by atoms with Crippen LogP contribution in [-0.4, -0.2) is 82.2 Å². The minimum atomic E-state index is 0.223. The molecule has 8 rings (SSSR count). The first-order valence-corrected chi connectivity index (χ1v) is 18.7. The van der Waals surface area contributed by atoms with E-state index in [1.807, 2.05) is 54.7 Å². The number of piperazine rings is 2. The Labute approximate surface area is 330 Å². The lowest BCUT2D eigenvalue weighted by Gasteiger charge is -2.36. The maximum absolute atomic E-state index is 6.00. The molecule has 3 aromatic carbocycles. The van der Waals surface area contributed by atoms with Gasteiger partial charge in [0, 0.05) is 75.1 Å². The van der Waals surface area contributed by atoms with Gasteiger partial charge in [-0.05, 0) is 66.2 Å². The van der Waals surface area contributed by atoms with Crippen LogP contribution in [0.1, 0.15) is 5.56 Å². The van der Waals surface area contributed by atoms with Crippen molar-refractivity contribution in [2.45, 2.75) is 6.54 Å². The molecule has 0 radical (unpaired) electrons. The third-order valence-electron chi connectivity index (χ3n) is 9.07. The SMILES string of the molecule is Nc1ncc(Oc2ccc(Cl)cc2)c(N2CCN(Cc3ccccc3)CC2)n1.Nc1ncc(Oc2ccc(Cl)cc2)c(N2CCN(c3ccccn3)CC2)n1. The summed E-state index contributed by atoms with van der Waals surface area (Å²) in [6, 6.07) is 30.9. The summed E-state index contributed by atoms with van der Waals surface area (Å²) in [7, 11) is 0. The fraction of sp³-hybridized carbons (Fsp3) is 0.225. The predicted octanol–water partition coefficient (Wildman–Crippen LogP) is 7.05. The number of halogens is 2. The predicted molar refractivity (Wildman–Crippen MR) is 219 cm³/mol. The molecule has 2 aliphatic heterocycles. The molecule has 0 spiro atoms. The number of pyridine rings is 1. The molecule has 0 bridgehead atoms. The highest BCUT2D eigenvalue weighted by Gasteiger charge is 2.24. The van der Waals surface area contributed by atoms with Gasteiger partial charge in [-0.2, -0.15) is 9.97 Å². The molecule has 2 fully saturated rings. The van der Waals surface area contributed by atoms with Crippen LogP contribution in [0.5, 0.6) is 23.0 Å². The van der Waals surface area contributed by atoms with Crippen molar-refractivity contribution in [1.29, 1.82) is 0 Å². The summed E-state index contributed by atoms with van der Waals surface area (Å²) in [5, 5.41) is 1.32. The van der Waals surface area contributed by atoms with Gasteiger partial charge in [0.25, 0.3) is 0 Å².